The SMILES string of the molecule is COc1ccc(CN2CCN(CCCN3CCN(c4cccc5sccc45)CC3)C2=O)c(OC)c1. The quantitative estimate of drug-likeness (QED) is 0.442. The molecule has 0 radical (unpaired) electrons. The number of fused-ring (bicyclic) bond motifs is 1. The number of hydrogen-bond donors (Lipinski definition) is 0. The molecule has 2 amide bonds. The molecule has 186 valence electrons. The number of thiophene rings is 1. The number of urea groups is 1. The topological polar surface area (TPSA) is 48.5 Å². The molecule has 0 unspecified atom stereocenters. The lowest BCUT2D eigenvalue weighted by Crippen LogP contribution is -2.47. The van der Waals surface area contributed by atoms with E-state index in [1.54, 1.807) is 14.2 Å². The molecule has 2 aliphatic rings. The molecule has 0 N–H and O–H groups in total. The van der Waals surface area contributed by atoms with Crippen LogP contribution in [0.2, 0.25) is 0 Å². The maximum absolute atomic E-state index is 13.0. The van der Waals surface area contributed by atoms with Crippen LogP contribution in [0.4, 0.5) is 10.5 Å². The predicted molar refractivity (Wildman–Crippen MR) is 142 cm³/mol. The van der Waals surface area contributed by atoms with E-state index in [0.29, 0.717) is 6.54 Å². The highest BCUT2D eigenvalue weighted by molar-refractivity contribution is 7.17. The van der Waals surface area contributed by atoms with Crippen LogP contribution in [-0.4, -0.2) is 87.3 Å². The van der Waals surface area contributed by atoms with Crippen molar-refractivity contribution in [2.75, 3.05) is 71.5 Å². The summed E-state index contributed by atoms with van der Waals surface area (Å²) in [7, 11) is 3.29. The predicted octanol–water partition coefficient (Wildman–Crippen LogP) is 4.37. The van der Waals surface area contributed by atoms with Gasteiger partial charge in [0.2, 0.25) is 0 Å². The lowest BCUT2D eigenvalue weighted by molar-refractivity contribution is 0.185. The van der Waals surface area contributed by atoms with Crippen LogP contribution >= 0.6 is 11.3 Å². The number of carbonyl (C=O) groups excluding carboxylic acids is 1. The fourth-order valence-corrected chi connectivity index (χ4v) is 5.93. The number of nitrogens with zero attached hydrogens (tertiary/aromatic N) is 4. The molecule has 3 heterocycles. The number of piperazine rings is 1. The Morgan fingerprint density at radius 2 is 1.71 bits per heavy atom. The van der Waals surface area contributed by atoms with Crippen molar-refractivity contribution < 1.29 is 14.3 Å². The minimum atomic E-state index is 0.122. The van der Waals surface area contributed by atoms with E-state index < -0.39 is 0 Å². The van der Waals surface area contributed by atoms with Gasteiger partial charge in [-0.25, -0.2) is 4.79 Å². The van der Waals surface area contributed by atoms with Crippen LogP contribution in [0.5, 0.6) is 11.5 Å². The molecular weight excluding hydrogens is 460 g/mol. The molecule has 2 fully saturated rings. The van der Waals surface area contributed by atoms with Gasteiger partial charge >= 0.3 is 6.03 Å². The van der Waals surface area contributed by atoms with E-state index in [1.165, 1.54) is 15.8 Å². The molecule has 0 aliphatic carbocycles. The van der Waals surface area contributed by atoms with E-state index >= 15 is 0 Å². The van der Waals surface area contributed by atoms with Crippen molar-refractivity contribution in [2.45, 2.75) is 13.0 Å². The molecule has 8 heteroatoms. The molecule has 0 spiro atoms. The molecule has 1 aromatic heterocycles. The second-order valence-corrected chi connectivity index (χ2v) is 10.1. The van der Waals surface area contributed by atoms with Crippen molar-refractivity contribution in [1.82, 2.24) is 14.7 Å². The third kappa shape index (κ3) is 5.18. The van der Waals surface area contributed by atoms with Gasteiger partial charge < -0.3 is 24.2 Å². The third-order valence-electron chi connectivity index (χ3n) is 7.12. The normalized spacial score (nSPS) is 17.0. The summed E-state index contributed by atoms with van der Waals surface area (Å²) in [5.74, 6) is 1.51. The summed E-state index contributed by atoms with van der Waals surface area (Å²) in [6.07, 6.45) is 1.01. The Morgan fingerprint density at radius 1 is 0.886 bits per heavy atom. The van der Waals surface area contributed by atoms with E-state index in [2.05, 4.69) is 39.4 Å². The monoisotopic (exact) mass is 494 g/mol. The van der Waals surface area contributed by atoms with Crippen molar-refractivity contribution in [1.29, 1.82) is 0 Å². The number of hydrogen-bond acceptors (Lipinski definition) is 6. The first-order valence-corrected chi connectivity index (χ1v) is 13.2. The zero-order valence-corrected chi connectivity index (χ0v) is 21.4. The van der Waals surface area contributed by atoms with Crippen molar-refractivity contribution in [3.05, 3.63) is 53.4 Å². The largest absolute Gasteiger partial charge is 0.497 e. The van der Waals surface area contributed by atoms with Gasteiger partial charge in [-0.1, -0.05) is 6.07 Å². The van der Waals surface area contributed by atoms with Crippen LogP contribution < -0.4 is 14.4 Å². The van der Waals surface area contributed by atoms with E-state index in [0.717, 1.165) is 75.8 Å². The standard InChI is InChI=1S/C27H34N4O3S/c1-33-22-8-7-21(25(19-22)34-2)20-31-17-16-30(27(31)32)11-4-10-28-12-14-29(15-13-28)24-5-3-6-26-23(24)9-18-35-26/h3,5-9,18-19H,4,10-17,20H2,1-2H3. The summed E-state index contributed by atoms with van der Waals surface area (Å²) in [6, 6.07) is 14.7. The van der Waals surface area contributed by atoms with Gasteiger partial charge in [-0.05, 0) is 48.7 Å². The highest BCUT2D eigenvalue weighted by Gasteiger charge is 2.29. The Hall–Kier alpha value is -2.97. The van der Waals surface area contributed by atoms with Gasteiger partial charge in [0, 0.05) is 73.2 Å². The molecule has 0 atom stereocenters. The summed E-state index contributed by atoms with van der Waals surface area (Å²) in [5.41, 5.74) is 2.36. The van der Waals surface area contributed by atoms with Gasteiger partial charge in [-0.15, -0.1) is 11.3 Å². The molecule has 0 bridgehead atoms. The van der Waals surface area contributed by atoms with E-state index in [4.69, 9.17) is 9.47 Å². The molecule has 2 aliphatic heterocycles. The number of methoxy groups -OCH3 is 2. The minimum Gasteiger partial charge on any atom is -0.497 e. The van der Waals surface area contributed by atoms with Gasteiger partial charge in [0.25, 0.3) is 0 Å². The number of ether oxygens (including phenoxy) is 2. The fourth-order valence-electron chi connectivity index (χ4n) is 5.13. The lowest BCUT2D eigenvalue weighted by atomic mass is 10.2. The number of carbonyl (C=O) groups is 1. The molecule has 0 saturated carbocycles. The maximum Gasteiger partial charge on any atom is 0.320 e. The van der Waals surface area contributed by atoms with Crippen molar-refractivity contribution in [3.8, 4) is 11.5 Å². The molecule has 35 heavy (non-hydrogen) atoms. The Kier molecular flexibility index (Phi) is 7.29. The van der Waals surface area contributed by atoms with Crippen LogP contribution in [0.1, 0.15) is 12.0 Å². The van der Waals surface area contributed by atoms with Crippen LogP contribution in [0, 0.1) is 0 Å². The summed E-state index contributed by atoms with van der Waals surface area (Å²) in [6.45, 7) is 8.17. The van der Waals surface area contributed by atoms with Gasteiger partial charge in [-0.2, -0.15) is 0 Å². The smallest absolute Gasteiger partial charge is 0.320 e. The Balaban J connectivity index is 1.07. The summed E-state index contributed by atoms with van der Waals surface area (Å²) >= 11 is 1.81. The van der Waals surface area contributed by atoms with Crippen LogP contribution in [0.3, 0.4) is 0 Å². The van der Waals surface area contributed by atoms with E-state index in [9.17, 15) is 4.79 Å². The van der Waals surface area contributed by atoms with Gasteiger partial charge in [0.1, 0.15) is 11.5 Å². The maximum atomic E-state index is 13.0. The third-order valence-corrected chi connectivity index (χ3v) is 8.01. The average Bonchev–Trinajstić information content (AvgIpc) is 3.52. The fraction of sp³-hybridized carbons (Fsp3) is 0.444. The number of benzene rings is 2. The van der Waals surface area contributed by atoms with Gasteiger partial charge in [0.05, 0.1) is 20.8 Å². The summed E-state index contributed by atoms with van der Waals surface area (Å²) in [4.78, 5) is 21.9. The first-order chi connectivity index (χ1) is 17.2. The van der Waals surface area contributed by atoms with E-state index in [1.807, 2.05) is 39.3 Å². The molecular formula is C27H34N4O3S. The van der Waals surface area contributed by atoms with Crippen molar-refractivity contribution >= 4 is 33.1 Å². The Morgan fingerprint density at radius 3 is 2.51 bits per heavy atom. The first kappa shape index (κ1) is 23.8. The van der Waals surface area contributed by atoms with Crippen molar-refractivity contribution in [2.24, 2.45) is 0 Å². The van der Waals surface area contributed by atoms with Crippen LogP contribution in [0.15, 0.2) is 47.8 Å². The van der Waals surface area contributed by atoms with Gasteiger partial charge in [0.15, 0.2) is 0 Å². The van der Waals surface area contributed by atoms with Crippen molar-refractivity contribution in [3.63, 3.8) is 0 Å². The van der Waals surface area contributed by atoms with Crippen LogP contribution in [-0.2, 0) is 6.54 Å². The number of amides is 2. The highest BCUT2D eigenvalue weighted by Crippen LogP contribution is 2.31. The lowest BCUT2D eigenvalue weighted by Gasteiger charge is -2.36. The Labute approximate surface area is 211 Å². The summed E-state index contributed by atoms with van der Waals surface area (Å²) in [5, 5.41) is 3.55. The number of anilines is 1. The van der Waals surface area contributed by atoms with Gasteiger partial charge in [-0.3, -0.25) is 4.90 Å². The molecule has 7 nitrogen and oxygen atoms in total. The number of rotatable bonds is 9. The zero-order chi connectivity index (χ0) is 24.2. The van der Waals surface area contributed by atoms with Crippen LogP contribution in [0.25, 0.3) is 10.1 Å². The average molecular weight is 495 g/mol. The first-order valence-electron chi connectivity index (χ1n) is 12.3. The molecule has 5 rings (SSSR count). The zero-order valence-electron chi connectivity index (χ0n) is 20.6. The minimum absolute atomic E-state index is 0.122. The van der Waals surface area contributed by atoms with E-state index in [-0.39, 0.29) is 6.03 Å². The second kappa shape index (κ2) is 10.7. The highest BCUT2D eigenvalue weighted by atomic mass is 32.1. The Bertz CT molecular complexity index is 1160. The molecule has 3 aromatic rings. The molecule has 2 aromatic carbocycles. The summed E-state index contributed by atoms with van der Waals surface area (Å²) < 4.78 is 12.1. The molecule has 2 saturated heterocycles. The second-order valence-electron chi connectivity index (χ2n) is 9.16.